The van der Waals surface area contributed by atoms with Crippen LogP contribution in [-0.2, 0) is 11.2 Å². The number of benzene rings is 1. The van der Waals surface area contributed by atoms with Gasteiger partial charge in [-0.1, -0.05) is 12.1 Å². The van der Waals surface area contributed by atoms with Gasteiger partial charge in [0, 0.05) is 12.6 Å². The summed E-state index contributed by atoms with van der Waals surface area (Å²) in [5.41, 5.74) is 0.915. The lowest BCUT2D eigenvalue weighted by Crippen LogP contribution is -2.40. The van der Waals surface area contributed by atoms with Crippen molar-refractivity contribution in [3.8, 4) is 0 Å². The van der Waals surface area contributed by atoms with E-state index in [-0.39, 0.29) is 18.4 Å². The number of hydrogen-bond acceptors (Lipinski definition) is 2. The van der Waals surface area contributed by atoms with Gasteiger partial charge in [0.05, 0.1) is 6.54 Å². The van der Waals surface area contributed by atoms with Crippen LogP contribution in [0, 0.1) is 11.7 Å². The smallest absolute Gasteiger partial charge is 0.317 e. The molecule has 1 saturated carbocycles. The van der Waals surface area contributed by atoms with Crippen LogP contribution in [0.3, 0.4) is 0 Å². The fourth-order valence-corrected chi connectivity index (χ4v) is 2.34. The molecule has 1 atom stereocenters. The Labute approximate surface area is 113 Å². The zero-order valence-corrected chi connectivity index (χ0v) is 11.2. The summed E-state index contributed by atoms with van der Waals surface area (Å²) in [4.78, 5) is 12.9. The summed E-state index contributed by atoms with van der Waals surface area (Å²) in [7, 11) is 0. The molecule has 0 saturated heterocycles. The highest BCUT2D eigenvalue weighted by Gasteiger charge is 2.27. The van der Waals surface area contributed by atoms with Crippen LogP contribution in [0.4, 0.5) is 4.39 Å². The number of carbonyl (C=O) groups is 1. The van der Waals surface area contributed by atoms with Gasteiger partial charge in [-0.25, -0.2) is 4.39 Å². The Hall–Kier alpha value is -1.42. The Morgan fingerprint density at radius 3 is 2.84 bits per heavy atom. The molecule has 0 aromatic heterocycles. The summed E-state index contributed by atoms with van der Waals surface area (Å²) in [6, 6.07) is 6.63. The molecule has 1 aromatic carbocycles. The molecule has 1 fully saturated rings. The molecule has 104 valence electrons. The first-order valence-electron chi connectivity index (χ1n) is 6.75. The molecule has 1 N–H and O–H groups in total. The topological polar surface area (TPSA) is 40.5 Å². The lowest BCUT2D eigenvalue weighted by Gasteiger charge is -2.27. The van der Waals surface area contributed by atoms with Crippen molar-refractivity contribution in [1.82, 2.24) is 4.90 Å². The summed E-state index contributed by atoms with van der Waals surface area (Å²) in [5, 5.41) is 8.97. The van der Waals surface area contributed by atoms with Crippen molar-refractivity contribution in [2.75, 3.05) is 13.1 Å². The van der Waals surface area contributed by atoms with Crippen LogP contribution in [0.2, 0.25) is 0 Å². The molecule has 1 aromatic rings. The Morgan fingerprint density at radius 2 is 2.26 bits per heavy atom. The molecular weight excluding hydrogens is 245 g/mol. The SMILES string of the molecule is CC(Cc1cccc(F)c1)N(CC(=O)O)CC1CC1. The lowest BCUT2D eigenvalue weighted by atomic mass is 10.1. The molecule has 0 bridgehead atoms. The van der Waals surface area contributed by atoms with Crippen LogP contribution < -0.4 is 0 Å². The van der Waals surface area contributed by atoms with Gasteiger partial charge in [-0.3, -0.25) is 9.69 Å². The molecule has 1 aliphatic rings. The van der Waals surface area contributed by atoms with Crippen LogP contribution in [0.15, 0.2) is 24.3 Å². The van der Waals surface area contributed by atoms with Crippen LogP contribution in [-0.4, -0.2) is 35.1 Å². The first-order valence-corrected chi connectivity index (χ1v) is 6.75. The molecule has 3 nitrogen and oxygen atoms in total. The van der Waals surface area contributed by atoms with E-state index in [0.717, 1.165) is 12.1 Å². The van der Waals surface area contributed by atoms with Crippen LogP contribution in [0.25, 0.3) is 0 Å². The van der Waals surface area contributed by atoms with E-state index < -0.39 is 5.97 Å². The number of carboxylic acids is 1. The van der Waals surface area contributed by atoms with E-state index in [1.165, 1.54) is 25.0 Å². The minimum Gasteiger partial charge on any atom is -0.480 e. The second-order valence-corrected chi connectivity index (χ2v) is 5.45. The van der Waals surface area contributed by atoms with Gasteiger partial charge in [0.1, 0.15) is 5.82 Å². The van der Waals surface area contributed by atoms with Crippen molar-refractivity contribution in [3.63, 3.8) is 0 Å². The summed E-state index contributed by atoms with van der Waals surface area (Å²) in [5.74, 6) is -0.391. The van der Waals surface area contributed by atoms with Gasteiger partial charge in [0.25, 0.3) is 0 Å². The Kier molecular flexibility index (Phi) is 4.53. The number of carboxylic acid groups (broad SMARTS) is 1. The molecule has 19 heavy (non-hydrogen) atoms. The maximum atomic E-state index is 13.1. The summed E-state index contributed by atoms with van der Waals surface area (Å²) < 4.78 is 13.1. The van der Waals surface area contributed by atoms with Gasteiger partial charge < -0.3 is 5.11 Å². The fourth-order valence-electron chi connectivity index (χ4n) is 2.34. The van der Waals surface area contributed by atoms with Gasteiger partial charge in [-0.05, 0) is 49.8 Å². The predicted octanol–water partition coefficient (Wildman–Crippen LogP) is 2.55. The van der Waals surface area contributed by atoms with Crippen LogP contribution in [0.1, 0.15) is 25.3 Å². The van der Waals surface area contributed by atoms with Crippen molar-refractivity contribution in [2.24, 2.45) is 5.92 Å². The maximum absolute atomic E-state index is 13.1. The standard InChI is InChI=1S/C15H20FNO2/c1-11(7-13-3-2-4-14(16)8-13)17(10-15(18)19)9-12-5-6-12/h2-4,8,11-12H,5-7,9-10H2,1H3,(H,18,19). The fraction of sp³-hybridized carbons (Fsp3) is 0.533. The van der Waals surface area contributed by atoms with Crippen molar-refractivity contribution in [3.05, 3.63) is 35.6 Å². The summed E-state index contributed by atoms with van der Waals surface area (Å²) in [6.45, 7) is 2.91. The second kappa shape index (κ2) is 6.15. The van der Waals surface area contributed by atoms with Gasteiger partial charge >= 0.3 is 5.97 Å². The molecule has 0 heterocycles. The normalized spacial score (nSPS) is 16.6. The Bertz CT molecular complexity index is 446. The molecule has 0 amide bonds. The molecular formula is C15H20FNO2. The first-order chi connectivity index (χ1) is 9.04. The van der Waals surface area contributed by atoms with E-state index in [0.29, 0.717) is 12.3 Å². The third-order valence-corrected chi connectivity index (χ3v) is 3.57. The molecule has 1 unspecified atom stereocenters. The zero-order valence-electron chi connectivity index (χ0n) is 11.2. The zero-order chi connectivity index (χ0) is 13.8. The van der Waals surface area contributed by atoms with E-state index >= 15 is 0 Å². The van der Waals surface area contributed by atoms with Crippen LogP contribution in [0.5, 0.6) is 0 Å². The van der Waals surface area contributed by atoms with E-state index in [2.05, 4.69) is 0 Å². The first kappa shape index (κ1) is 14.0. The summed E-state index contributed by atoms with van der Waals surface area (Å²) in [6.07, 6.45) is 3.07. The number of hydrogen-bond donors (Lipinski definition) is 1. The molecule has 2 rings (SSSR count). The summed E-state index contributed by atoms with van der Waals surface area (Å²) >= 11 is 0. The van der Waals surface area contributed by atoms with Crippen molar-refractivity contribution in [2.45, 2.75) is 32.2 Å². The van der Waals surface area contributed by atoms with E-state index in [9.17, 15) is 9.18 Å². The van der Waals surface area contributed by atoms with Gasteiger partial charge in [-0.2, -0.15) is 0 Å². The largest absolute Gasteiger partial charge is 0.480 e. The highest BCUT2D eigenvalue weighted by atomic mass is 19.1. The average molecular weight is 265 g/mol. The Balaban J connectivity index is 1.97. The third-order valence-electron chi connectivity index (χ3n) is 3.57. The number of halogens is 1. The maximum Gasteiger partial charge on any atom is 0.317 e. The highest BCUT2D eigenvalue weighted by Crippen LogP contribution is 2.30. The minimum absolute atomic E-state index is 0.0625. The lowest BCUT2D eigenvalue weighted by molar-refractivity contribution is -0.138. The van der Waals surface area contributed by atoms with E-state index in [4.69, 9.17) is 5.11 Å². The molecule has 4 heteroatoms. The average Bonchev–Trinajstić information content (AvgIpc) is 3.11. The minimum atomic E-state index is -0.799. The monoisotopic (exact) mass is 265 g/mol. The van der Waals surface area contributed by atoms with E-state index in [1.807, 2.05) is 17.9 Å². The van der Waals surface area contributed by atoms with Crippen molar-refractivity contribution < 1.29 is 14.3 Å². The number of nitrogens with zero attached hydrogens (tertiary/aromatic N) is 1. The quantitative estimate of drug-likeness (QED) is 0.823. The van der Waals surface area contributed by atoms with E-state index in [1.54, 1.807) is 6.07 Å². The number of rotatable bonds is 7. The van der Waals surface area contributed by atoms with Crippen LogP contribution >= 0.6 is 0 Å². The predicted molar refractivity (Wildman–Crippen MR) is 71.5 cm³/mol. The number of aliphatic carboxylic acids is 1. The molecule has 0 aliphatic heterocycles. The molecule has 1 aliphatic carbocycles. The second-order valence-electron chi connectivity index (χ2n) is 5.45. The Morgan fingerprint density at radius 1 is 1.53 bits per heavy atom. The van der Waals surface area contributed by atoms with Crippen molar-refractivity contribution in [1.29, 1.82) is 0 Å². The van der Waals surface area contributed by atoms with Gasteiger partial charge in [-0.15, -0.1) is 0 Å². The molecule has 0 radical (unpaired) electrons. The van der Waals surface area contributed by atoms with Gasteiger partial charge in [0.15, 0.2) is 0 Å². The highest BCUT2D eigenvalue weighted by molar-refractivity contribution is 5.69. The van der Waals surface area contributed by atoms with Crippen molar-refractivity contribution >= 4 is 5.97 Å². The third kappa shape index (κ3) is 4.63. The van der Waals surface area contributed by atoms with Gasteiger partial charge in [0.2, 0.25) is 0 Å². The molecule has 0 spiro atoms.